The van der Waals surface area contributed by atoms with Crippen LogP contribution in [0.5, 0.6) is 0 Å². The fourth-order valence-corrected chi connectivity index (χ4v) is 0.837. The van der Waals surface area contributed by atoms with E-state index < -0.39 is 0 Å². The lowest BCUT2D eigenvalue weighted by molar-refractivity contribution is 0.281. The Hall–Kier alpha value is -1.29. The smallest absolute Gasteiger partial charge is 0.0763 e. The van der Waals surface area contributed by atoms with Crippen molar-refractivity contribution >= 4 is 11.4 Å². The summed E-state index contributed by atoms with van der Waals surface area (Å²) >= 11 is 0. The molecule has 0 spiro atoms. The Bertz CT molecular complexity index is 252. The highest BCUT2D eigenvalue weighted by molar-refractivity contribution is 5.64. The van der Waals surface area contributed by atoms with Gasteiger partial charge < -0.3 is 16.2 Å². The zero-order valence-electron chi connectivity index (χ0n) is 6.99. The van der Waals surface area contributed by atoms with E-state index in [-0.39, 0.29) is 12.6 Å². The Kier molecular flexibility index (Phi) is 2.88. The number of hydrogen-bond donors (Lipinski definition) is 3. The quantitative estimate of drug-likeness (QED) is 0.611. The van der Waals surface area contributed by atoms with Gasteiger partial charge in [-0.15, -0.1) is 0 Å². The molecule has 1 rings (SSSR count). The highest BCUT2D eigenvalue weighted by atomic mass is 16.3. The topological polar surface area (TPSA) is 71.2 Å². The van der Waals surface area contributed by atoms with Crippen molar-refractivity contribution in [3.05, 3.63) is 18.5 Å². The van der Waals surface area contributed by atoms with E-state index in [1.165, 1.54) is 0 Å². The maximum Gasteiger partial charge on any atom is 0.0763 e. The first kappa shape index (κ1) is 8.80. The molecule has 1 aromatic heterocycles. The van der Waals surface area contributed by atoms with Gasteiger partial charge in [0.05, 0.1) is 24.2 Å². The number of nitrogen functional groups attached to an aromatic ring is 1. The molecule has 4 nitrogen and oxygen atoms in total. The van der Waals surface area contributed by atoms with Crippen LogP contribution in [0, 0.1) is 0 Å². The molecule has 0 aliphatic heterocycles. The van der Waals surface area contributed by atoms with Crippen molar-refractivity contribution in [2.45, 2.75) is 13.0 Å². The fraction of sp³-hybridized carbons (Fsp3) is 0.375. The van der Waals surface area contributed by atoms with Crippen LogP contribution < -0.4 is 11.1 Å². The lowest BCUT2D eigenvalue weighted by Gasteiger charge is -2.13. The van der Waals surface area contributed by atoms with Gasteiger partial charge in [-0.2, -0.15) is 0 Å². The van der Waals surface area contributed by atoms with Crippen molar-refractivity contribution in [1.29, 1.82) is 0 Å². The molecule has 0 bridgehead atoms. The summed E-state index contributed by atoms with van der Waals surface area (Å²) in [6.07, 6.45) is 3.27. The maximum atomic E-state index is 8.76. The number of nitrogens with one attached hydrogen (secondary N) is 1. The van der Waals surface area contributed by atoms with E-state index in [2.05, 4.69) is 10.3 Å². The number of anilines is 2. The highest BCUT2D eigenvalue weighted by Crippen LogP contribution is 2.15. The van der Waals surface area contributed by atoms with Crippen molar-refractivity contribution in [2.24, 2.45) is 0 Å². The van der Waals surface area contributed by atoms with Crippen LogP contribution in [-0.4, -0.2) is 22.7 Å². The lowest BCUT2D eigenvalue weighted by atomic mass is 10.3. The van der Waals surface area contributed by atoms with E-state index in [0.717, 1.165) is 5.69 Å². The molecule has 12 heavy (non-hydrogen) atoms. The number of rotatable bonds is 3. The summed E-state index contributed by atoms with van der Waals surface area (Å²) in [4.78, 5) is 3.91. The number of nitrogens with two attached hydrogens (primary N) is 1. The van der Waals surface area contributed by atoms with Crippen molar-refractivity contribution in [3.63, 3.8) is 0 Å². The highest BCUT2D eigenvalue weighted by Gasteiger charge is 2.01. The van der Waals surface area contributed by atoms with Crippen LogP contribution >= 0.6 is 0 Å². The van der Waals surface area contributed by atoms with Gasteiger partial charge in [-0.05, 0) is 13.0 Å². The third-order valence-electron chi connectivity index (χ3n) is 1.53. The van der Waals surface area contributed by atoms with Gasteiger partial charge in [0.2, 0.25) is 0 Å². The minimum Gasteiger partial charge on any atom is -0.397 e. The van der Waals surface area contributed by atoms with Gasteiger partial charge >= 0.3 is 0 Å². The molecule has 1 heterocycles. The molecule has 0 aliphatic rings. The Morgan fingerprint density at radius 2 is 2.50 bits per heavy atom. The first-order valence-electron chi connectivity index (χ1n) is 3.81. The second-order valence-corrected chi connectivity index (χ2v) is 2.69. The largest absolute Gasteiger partial charge is 0.397 e. The first-order valence-corrected chi connectivity index (χ1v) is 3.81. The van der Waals surface area contributed by atoms with E-state index in [1.807, 2.05) is 6.92 Å². The van der Waals surface area contributed by atoms with Crippen LogP contribution in [-0.2, 0) is 0 Å². The van der Waals surface area contributed by atoms with Gasteiger partial charge in [0.25, 0.3) is 0 Å². The molecule has 0 amide bonds. The van der Waals surface area contributed by atoms with E-state index >= 15 is 0 Å². The Balaban J connectivity index is 2.69. The molecule has 0 saturated carbocycles. The zero-order valence-corrected chi connectivity index (χ0v) is 6.99. The third-order valence-corrected chi connectivity index (χ3v) is 1.53. The van der Waals surface area contributed by atoms with Crippen LogP contribution in [0.1, 0.15) is 6.92 Å². The van der Waals surface area contributed by atoms with E-state index in [0.29, 0.717) is 5.69 Å². The van der Waals surface area contributed by atoms with Crippen molar-refractivity contribution in [3.8, 4) is 0 Å². The molecule has 0 aromatic carbocycles. The number of hydrogen-bond acceptors (Lipinski definition) is 4. The van der Waals surface area contributed by atoms with Crippen LogP contribution in [0.25, 0.3) is 0 Å². The molecular weight excluding hydrogens is 154 g/mol. The SMILES string of the molecule is C[C@@H](CO)Nc1cnccc1N. The Morgan fingerprint density at radius 3 is 3.08 bits per heavy atom. The number of aliphatic hydroxyl groups excluding tert-OH is 1. The molecule has 0 aliphatic carbocycles. The van der Waals surface area contributed by atoms with Gasteiger partial charge in [0, 0.05) is 12.2 Å². The van der Waals surface area contributed by atoms with Crippen LogP contribution in [0.4, 0.5) is 11.4 Å². The Morgan fingerprint density at radius 1 is 1.75 bits per heavy atom. The molecule has 4 N–H and O–H groups in total. The van der Waals surface area contributed by atoms with E-state index in [1.54, 1.807) is 18.5 Å². The average molecular weight is 167 g/mol. The lowest BCUT2D eigenvalue weighted by Crippen LogP contribution is -2.20. The van der Waals surface area contributed by atoms with Crippen LogP contribution in [0.2, 0.25) is 0 Å². The molecule has 66 valence electrons. The molecule has 4 heteroatoms. The summed E-state index contributed by atoms with van der Waals surface area (Å²) in [5, 5.41) is 11.8. The minimum atomic E-state index is -0.00324. The molecule has 0 unspecified atom stereocenters. The number of aromatic nitrogens is 1. The average Bonchev–Trinajstić information content (AvgIpc) is 2.09. The van der Waals surface area contributed by atoms with Gasteiger partial charge in [0.1, 0.15) is 0 Å². The molecular formula is C8H13N3O. The maximum absolute atomic E-state index is 8.76. The zero-order chi connectivity index (χ0) is 8.97. The minimum absolute atomic E-state index is 0.00324. The molecule has 1 atom stereocenters. The monoisotopic (exact) mass is 167 g/mol. The second kappa shape index (κ2) is 3.92. The molecule has 1 aromatic rings. The third kappa shape index (κ3) is 2.10. The summed E-state index contributed by atoms with van der Waals surface area (Å²) in [6.45, 7) is 1.95. The number of aliphatic hydroxyl groups is 1. The summed E-state index contributed by atoms with van der Waals surface area (Å²) in [6, 6.07) is 1.71. The van der Waals surface area contributed by atoms with Crippen molar-refractivity contribution in [1.82, 2.24) is 4.98 Å². The van der Waals surface area contributed by atoms with E-state index in [4.69, 9.17) is 10.8 Å². The number of pyridine rings is 1. The summed E-state index contributed by atoms with van der Waals surface area (Å²) < 4.78 is 0. The summed E-state index contributed by atoms with van der Waals surface area (Å²) in [5.74, 6) is 0. The van der Waals surface area contributed by atoms with Crippen molar-refractivity contribution < 1.29 is 5.11 Å². The first-order chi connectivity index (χ1) is 5.74. The van der Waals surface area contributed by atoms with Crippen LogP contribution in [0.15, 0.2) is 18.5 Å². The number of nitrogens with zero attached hydrogens (tertiary/aromatic N) is 1. The fourth-order valence-electron chi connectivity index (χ4n) is 0.837. The molecule has 0 fully saturated rings. The Labute approximate surface area is 71.4 Å². The summed E-state index contributed by atoms with van der Waals surface area (Å²) in [7, 11) is 0. The van der Waals surface area contributed by atoms with Crippen molar-refractivity contribution in [2.75, 3.05) is 17.7 Å². The standard InChI is InChI=1S/C8H13N3O/c1-6(5-12)11-8-4-10-3-2-7(8)9/h2-4,6,11-12H,5H2,1H3,(H2,9,10)/t6-/m0/s1. The molecule has 0 radical (unpaired) electrons. The predicted molar refractivity (Wildman–Crippen MR) is 48.8 cm³/mol. The molecule has 0 saturated heterocycles. The van der Waals surface area contributed by atoms with Gasteiger partial charge in [0.15, 0.2) is 0 Å². The van der Waals surface area contributed by atoms with Gasteiger partial charge in [-0.25, -0.2) is 0 Å². The van der Waals surface area contributed by atoms with Gasteiger partial charge in [-0.1, -0.05) is 0 Å². The normalized spacial score (nSPS) is 12.5. The van der Waals surface area contributed by atoms with Crippen LogP contribution in [0.3, 0.4) is 0 Å². The van der Waals surface area contributed by atoms with Gasteiger partial charge in [-0.3, -0.25) is 4.98 Å². The summed E-state index contributed by atoms with van der Waals surface area (Å²) in [5.41, 5.74) is 7.05. The second-order valence-electron chi connectivity index (χ2n) is 2.69. The predicted octanol–water partition coefficient (Wildman–Crippen LogP) is 0.457. The van der Waals surface area contributed by atoms with E-state index in [9.17, 15) is 0 Å².